The van der Waals surface area contributed by atoms with Crippen LogP contribution in [-0.4, -0.2) is 52.3 Å². The second-order valence-corrected chi connectivity index (χ2v) is 15.6. The molecule has 5 heterocycles. The molecule has 4 saturated heterocycles. The first-order chi connectivity index (χ1) is 17.6. The number of halogens is 1. The molecule has 8 heteroatoms. The van der Waals surface area contributed by atoms with E-state index in [2.05, 4.69) is 88.3 Å². The second kappa shape index (κ2) is 11.7. The van der Waals surface area contributed by atoms with Crippen LogP contribution >= 0.6 is 27.9 Å². The van der Waals surface area contributed by atoms with E-state index < -0.39 is 0 Å². The molecule has 4 fully saturated rings. The number of fused-ring (bicyclic) bond motifs is 6. The summed E-state index contributed by atoms with van der Waals surface area (Å²) in [5.74, 6) is 1.34. The highest BCUT2D eigenvalue weighted by molar-refractivity contribution is 9.10. The Morgan fingerprint density at radius 2 is 1.86 bits per heavy atom. The quantitative estimate of drug-likeness (QED) is 0.244. The van der Waals surface area contributed by atoms with Gasteiger partial charge < -0.3 is 0 Å². The molecule has 8 atom stereocenters. The van der Waals surface area contributed by atoms with Gasteiger partial charge in [-0.05, 0) is 105 Å². The lowest BCUT2D eigenvalue weighted by molar-refractivity contribution is 0.00552. The van der Waals surface area contributed by atoms with Gasteiger partial charge in [-0.1, -0.05) is 38.8 Å². The van der Waals surface area contributed by atoms with Gasteiger partial charge in [0, 0.05) is 30.6 Å². The lowest BCUT2D eigenvalue weighted by Crippen LogP contribution is -2.63. The molecule has 208 valence electrons. The van der Waals surface area contributed by atoms with E-state index in [1.807, 2.05) is 18.0 Å². The maximum atomic E-state index is 4.88. The Morgan fingerprint density at radius 1 is 1.03 bits per heavy atom. The number of pyridine rings is 1. The number of hydrogen-bond donors (Lipinski definition) is 4. The molecule has 0 radical (unpaired) electrons. The van der Waals surface area contributed by atoms with E-state index in [-0.39, 0.29) is 17.0 Å². The van der Waals surface area contributed by atoms with Crippen molar-refractivity contribution in [2.45, 2.75) is 121 Å². The van der Waals surface area contributed by atoms with Crippen molar-refractivity contribution in [3.63, 3.8) is 0 Å². The van der Waals surface area contributed by atoms with Crippen molar-refractivity contribution in [2.75, 3.05) is 13.1 Å². The summed E-state index contributed by atoms with van der Waals surface area (Å²) in [5.41, 5.74) is 1.65. The van der Waals surface area contributed by atoms with E-state index in [0.29, 0.717) is 35.6 Å². The summed E-state index contributed by atoms with van der Waals surface area (Å²) in [6, 6.07) is 7.18. The lowest BCUT2D eigenvalue weighted by atomic mass is 9.78. The number of nitrogens with zero attached hydrogens (tertiary/aromatic N) is 2. The van der Waals surface area contributed by atoms with Gasteiger partial charge >= 0.3 is 0 Å². The van der Waals surface area contributed by atoms with Gasteiger partial charge in [0.05, 0.1) is 29.4 Å². The summed E-state index contributed by atoms with van der Waals surface area (Å²) in [6.45, 7) is 14.4. The first-order valence-corrected chi connectivity index (χ1v) is 16.3. The number of rotatable bonds is 1. The smallest absolute Gasteiger partial charge is 0.106 e. The monoisotopic (exact) mass is 592 g/mol. The SMILES string of the molecule is CC(C)(C)C1CCC2CNSC3CCCC(N3)N[C@@H](c3cccc(Br)n3)CC[C@@H]3CN(C2N1)C(C)(C)C3. The minimum Gasteiger partial charge on any atom is -0.298 e. The van der Waals surface area contributed by atoms with Gasteiger partial charge in [0.2, 0.25) is 0 Å². The average molecular weight is 594 g/mol. The summed E-state index contributed by atoms with van der Waals surface area (Å²) in [7, 11) is 0. The van der Waals surface area contributed by atoms with Gasteiger partial charge in [-0.2, -0.15) is 0 Å². The fourth-order valence-corrected chi connectivity index (χ4v) is 8.65. The molecule has 4 N–H and O–H groups in total. The molecular formula is C29H49BrN6S. The van der Waals surface area contributed by atoms with Crippen molar-refractivity contribution in [3.05, 3.63) is 28.5 Å². The molecule has 1 aromatic rings. The molecular weight excluding hydrogens is 544 g/mol. The fraction of sp³-hybridized carbons (Fsp3) is 0.828. The van der Waals surface area contributed by atoms with Crippen molar-refractivity contribution in [2.24, 2.45) is 17.3 Å². The predicted molar refractivity (Wildman–Crippen MR) is 159 cm³/mol. The minimum absolute atomic E-state index is 0.208. The molecule has 6 nitrogen and oxygen atoms in total. The number of hydrogen-bond acceptors (Lipinski definition) is 7. The zero-order valence-electron chi connectivity index (χ0n) is 23.5. The molecule has 6 unspecified atom stereocenters. The molecule has 4 aliphatic rings. The zero-order chi connectivity index (χ0) is 26.2. The van der Waals surface area contributed by atoms with E-state index >= 15 is 0 Å². The van der Waals surface area contributed by atoms with Gasteiger partial charge in [-0.3, -0.25) is 25.6 Å². The van der Waals surface area contributed by atoms with Crippen molar-refractivity contribution >= 4 is 27.9 Å². The Hall–Kier alpha value is -0.220. The van der Waals surface area contributed by atoms with Crippen LogP contribution < -0.4 is 20.7 Å². The Bertz CT molecular complexity index is 907. The van der Waals surface area contributed by atoms with Crippen molar-refractivity contribution in [3.8, 4) is 0 Å². The maximum absolute atomic E-state index is 4.88. The minimum atomic E-state index is 0.208. The second-order valence-electron chi connectivity index (χ2n) is 13.7. The van der Waals surface area contributed by atoms with Crippen LogP contribution in [0, 0.1) is 17.3 Å². The summed E-state index contributed by atoms with van der Waals surface area (Å²) in [6.07, 6.45) is 10.6. The average Bonchev–Trinajstić information content (AvgIpc) is 3.14. The first kappa shape index (κ1) is 28.3. The third-order valence-electron chi connectivity index (χ3n) is 9.32. The molecule has 0 aliphatic carbocycles. The first-order valence-electron chi connectivity index (χ1n) is 14.6. The zero-order valence-corrected chi connectivity index (χ0v) is 25.9. The topological polar surface area (TPSA) is 64.2 Å². The summed E-state index contributed by atoms with van der Waals surface area (Å²) < 4.78 is 4.76. The molecule has 0 saturated carbocycles. The van der Waals surface area contributed by atoms with Crippen LogP contribution in [0.3, 0.4) is 0 Å². The Morgan fingerprint density at radius 3 is 2.65 bits per heavy atom. The lowest BCUT2D eigenvalue weighted by Gasteiger charge is -2.50. The normalized spacial score (nSPS) is 39.3. The molecule has 0 aromatic carbocycles. The third-order valence-corrected chi connectivity index (χ3v) is 10.8. The summed E-state index contributed by atoms with van der Waals surface area (Å²) >= 11 is 5.53. The van der Waals surface area contributed by atoms with Crippen LogP contribution in [0.2, 0.25) is 0 Å². The van der Waals surface area contributed by atoms with Gasteiger partial charge in [-0.15, -0.1) is 0 Å². The van der Waals surface area contributed by atoms with E-state index in [0.717, 1.165) is 23.3 Å². The highest BCUT2D eigenvalue weighted by Gasteiger charge is 2.47. The summed E-state index contributed by atoms with van der Waals surface area (Å²) in [5, 5.41) is 12.5. The van der Waals surface area contributed by atoms with E-state index in [1.54, 1.807) is 0 Å². The maximum Gasteiger partial charge on any atom is 0.106 e. The molecule has 5 rings (SSSR count). The highest BCUT2D eigenvalue weighted by Crippen LogP contribution is 2.42. The number of nitrogens with one attached hydrogen (secondary N) is 4. The van der Waals surface area contributed by atoms with Gasteiger partial charge in [-0.25, -0.2) is 4.98 Å². The van der Waals surface area contributed by atoms with E-state index in [4.69, 9.17) is 4.98 Å². The summed E-state index contributed by atoms with van der Waals surface area (Å²) in [4.78, 5) is 7.73. The molecule has 4 bridgehead atoms. The molecule has 1 aromatic heterocycles. The Labute approximate surface area is 237 Å². The van der Waals surface area contributed by atoms with Crippen LogP contribution in [0.25, 0.3) is 0 Å². The fourth-order valence-electron chi connectivity index (χ4n) is 7.26. The number of piperidine rings is 2. The van der Waals surface area contributed by atoms with Gasteiger partial charge in [0.15, 0.2) is 0 Å². The number of aromatic nitrogens is 1. The van der Waals surface area contributed by atoms with Crippen molar-refractivity contribution < 1.29 is 0 Å². The van der Waals surface area contributed by atoms with Crippen LogP contribution in [-0.2, 0) is 0 Å². The molecule has 0 spiro atoms. The molecule has 4 aliphatic heterocycles. The Balaban J connectivity index is 1.40. The highest BCUT2D eigenvalue weighted by atomic mass is 79.9. The van der Waals surface area contributed by atoms with Gasteiger partial charge in [0.25, 0.3) is 0 Å². The van der Waals surface area contributed by atoms with Gasteiger partial charge in [0.1, 0.15) is 4.60 Å². The van der Waals surface area contributed by atoms with E-state index in [9.17, 15) is 0 Å². The van der Waals surface area contributed by atoms with E-state index in [1.165, 1.54) is 51.5 Å². The molecule has 0 amide bonds. The predicted octanol–water partition coefficient (Wildman–Crippen LogP) is 5.77. The van der Waals surface area contributed by atoms with Crippen LogP contribution in [0.4, 0.5) is 0 Å². The third kappa shape index (κ3) is 6.93. The van der Waals surface area contributed by atoms with Crippen molar-refractivity contribution in [1.29, 1.82) is 0 Å². The molecule has 37 heavy (non-hydrogen) atoms. The largest absolute Gasteiger partial charge is 0.298 e. The standard InChI is InChI=1S/C29H49BrN6S/c1-28(2,3)23-15-13-20-17-31-37-26-11-7-10-25(35-26)33-22(21-8-6-9-24(30)32-21)14-12-19-16-29(4,5)36(18-19)27(20)34-23/h6,8-9,19-20,22-23,25-27,31,33-35H,7,10-18H2,1-5H3/t19-,20?,22+,23?,25?,26?,27?/m0/s1. The van der Waals surface area contributed by atoms with Crippen LogP contribution in [0.5, 0.6) is 0 Å². The Kier molecular flexibility index (Phi) is 8.97. The van der Waals surface area contributed by atoms with Crippen LogP contribution in [0.1, 0.15) is 97.7 Å². The van der Waals surface area contributed by atoms with Crippen LogP contribution in [0.15, 0.2) is 22.8 Å². The van der Waals surface area contributed by atoms with Crippen molar-refractivity contribution in [1.82, 2.24) is 30.6 Å².